The minimum absolute atomic E-state index is 0.0196. The van der Waals surface area contributed by atoms with E-state index < -0.39 is 9.05 Å². The van der Waals surface area contributed by atoms with Crippen molar-refractivity contribution >= 4 is 31.3 Å². The second-order valence-electron chi connectivity index (χ2n) is 4.99. The lowest BCUT2D eigenvalue weighted by molar-refractivity contribution is 0.349. The number of benzene rings is 1. The first-order valence-electron chi connectivity index (χ1n) is 6.14. The van der Waals surface area contributed by atoms with Gasteiger partial charge >= 0.3 is 0 Å². The van der Waals surface area contributed by atoms with Crippen molar-refractivity contribution in [3.63, 3.8) is 0 Å². The van der Waals surface area contributed by atoms with Gasteiger partial charge in [0.25, 0.3) is 9.05 Å². The summed E-state index contributed by atoms with van der Waals surface area (Å²) < 4.78 is 28.9. The van der Waals surface area contributed by atoms with Gasteiger partial charge in [-0.3, -0.25) is 0 Å². The minimum atomic E-state index is -3.77. The predicted molar refractivity (Wildman–Crippen MR) is 83.4 cm³/mol. The summed E-state index contributed by atoms with van der Waals surface area (Å²) in [5.41, 5.74) is 3.70. The van der Waals surface area contributed by atoms with E-state index in [4.69, 9.17) is 27.0 Å². The largest absolute Gasteiger partial charge is 0.489 e. The third-order valence-corrected chi connectivity index (χ3v) is 4.58. The van der Waals surface area contributed by atoms with E-state index in [0.717, 1.165) is 11.1 Å². The Hall–Kier alpha value is -0.710. The molecule has 0 unspecified atom stereocenters. The molecule has 3 nitrogen and oxygen atoms in total. The molecule has 112 valence electrons. The van der Waals surface area contributed by atoms with E-state index in [1.807, 2.05) is 20.8 Å². The van der Waals surface area contributed by atoms with Crippen LogP contribution in [0.5, 0.6) is 5.75 Å². The highest BCUT2D eigenvalue weighted by Gasteiger charge is 2.20. The van der Waals surface area contributed by atoms with E-state index >= 15 is 0 Å². The lowest BCUT2D eigenvalue weighted by Crippen LogP contribution is -2.05. The molecule has 6 heteroatoms. The maximum Gasteiger partial charge on any atom is 0.261 e. The van der Waals surface area contributed by atoms with Gasteiger partial charge in [-0.1, -0.05) is 25.4 Å². The lowest BCUT2D eigenvalue weighted by atomic mass is 10.0. The number of hydrogen-bond acceptors (Lipinski definition) is 3. The van der Waals surface area contributed by atoms with E-state index in [2.05, 4.69) is 0 Å². The Labute approximate surface area is 130 Å². The minimum Gasteiger partial charge on any atom is -0.489 e. The van der Waals surface area contributed by atoms with Crippen LogP contribution in [0.3, 0.4) is 0 Å². The van der Waals surface area contributed by atoms with E-state index in [-0.39, 0.29) is 10.8 Å². The van der Waals surface area contributed by atoms with Crippen molar-refractivity contribution in [3.8, 4) is 5.75 Å². The monoisotopic (exact) mass is 336 g/mol. The standard InChI is InChI=1S/C14H18Cl2O3S/c1-9(2)12-6-13(19-8-10(3)7-15)11(4)5-14(12)20(16,17)18/h5-7,9H,8H2,1-4H3/b10-7+. The van der Waals surface area contributed by atoms with Crippen molar-refractivity contribution in [2.75, 3.05) is 6.61 Å². The molecule has 1 aromatic rings. The van der Waals surface area contributed by atoms with Crippen LogP contribution in [0, 0.1) is 6.92 Å². The molecule has 0 aromatic heterocycles. The van der Waals surface area contributed by atoms with Gasteiger partial charge in [-0.05, 0) is 48.6 Å². The van der Waals surface area contributed by atoms with Crippen LogP contribution in [0.25, 0.3) is 0 Å². The first-order chi connectivity index (χ1) is 9.16. The molecule has 0 bridgehead atoms. The zero-order valence-corrected chi connectivity index (χ0v) is 14.2. The molecule has 0 saturated heterocycles. The lowest BCUT2D eigenvalue weighted by Gasteiger charge is -2.16. The number of aryl methyl sites for hydroxylation is 1. The molecule has 0 aliphatic carbocycles. The van der Waals surface area contributed by atoms with Crippen molar-refractivity contribution < 1.29 is 13.2 Å². The highest BCUT2D eigenvalue weighted by molar-refractivity contribution is 8.13. The van der Waals surface area contributed by atoms with Crippen molar-refractivity contribution in [1.29, 1.82) is 0 Å². The van der Waals surface area contributed by atoms with Gasteiger partial charge in [0, 0.05) is 16.2 Å². The molecule has 1 rings (SSSR count). The summed E-state index contributed by atoms with van der Waals surface area (Å²) in [6.45, 7) is 7.80. The highest BCUT2D eigenvalue weighted by Crippen LogP contribution is 2.33. The molecule has 0 heterocycles. The zero-order chi connectivity index (χ0) is 15.5. The fourth-order valence-electron chi connectivity index (χ4n) is 1.72. The van der Waals surface area contributed by atoms with Crippen LogP contribution in [0.15, 0.2) is 28.1 Å². The van der Waals surface area contributed by atoms with Gasteiger partial charge in [0.15, 0.2) is 0 Å². The van der Waals surface area contributed by atoms with Gasteiger partial charge in [0.05, 0.1) is 4.90 Å². The Kier molecular flexibility index (Phi) is 5.92. The molecule has 0 fully saturated rings. The number of rotatable bonds is 5. The summed E-state index contributed by atoms with van der Waals surface area (Å²) >= 11 is 5.59. The number of hydrogen-bond donors (Lipinski definition) is 0. The Morgan fingerprint density at radius 1 is 1.40 bits per heavy atom. The zero-order valence-electron chi connectivity index (χ0n) is 11.9. The third-order valence-electron chi connectivity index (χ3n) is 2.83. The van der Waals surface area contributed by atoms with E-state index in [1.54, 1.807) is 19.1 Å². The van der Waals surface area contributed by atoms with Gasteiger partial charge in [-0.25, -0.2) is 8.42 Å². The van der Waals surface area contributed by atoms with Gasteiger partial charge in [0.1, 0.15) is 12.4 Å². The van der Waals surface area contributed by atoms with Gasteiger partial charge in [-0.2, -0.15) is 0 Å². The molecule has 0 aliphatic heterocycles. The predicted octanol–water partition coefficient (Wildman–Crippen LogP) is 4.57. The average molecular weight is 337 g/mol. The first-order valence-corrected chi connectivity index (χ1v) is 8.89. The van der Waals surface area contributed by atoms with Crippen LogP contribution in [-0.2, 0) is 9.05 Å². The summed E-state index contributed by atoms with van der Waals surface area (Å²) in [7, 11) is 1.72. The fraction of sp³-hybridized carbons (Fsp3) is 0.429. The maximum atomic E-state index is 11.6. The molecule has 0 N–H and O–H groups in total. The Balaban J connectivity index is 3.27. The summed E-state index contributed by atoms with van der Waals surface area (Å²) in [5.74, 6) is 0.654. The Morgan fingerprint density at radius 2 is 2.00 bits per heavy atom. The topological polar surface area (TPSA) is 43.4 Å². The van der Waals surface area contributed by atoms with E-state index in [9.17, 15) is 8.42 Å². The quantitative estimate of drug-likeness (QED) is 0.740. The molecule has 0 spiro atoms. The van der Waals surface area contributed by atoms with Crippen LogP contribution in [0.2, 0.25) is 0 Å². The molecular weight excluding hydrogens is 319 g/mol. The normalized spacial score (nSPS) is 12.8. The van der Waals surface area contributed by atoms with Crippen LogP contribution in [0.4, 0.5) is 0 Å². The second-order valence-corrected chi connectivity index (χ2v) is 7.74. The van der Waals surface area contributed by atoms with Crippen molar-refractivity contribution in [1.82, 2.24) is 0 Å². The fourth-order valence-corrected chi connectivity index (χ4v) is 3.08. The molecule has 20 heavy (non-hydrogen) atoms. The Morgan fingerprint density at radius 3 is 2.45 bits per heavy atom. The highest BCUT2D eigenvalue weighted by atomic mass is 35.7. The van der Waals surface area contributed by atoms with Crippen molar-refractivity contribution in [2.24, 2.45) is 0 Å². The second kappa shape index (κ2) is 6.83. The van der Waals surface area contributed by atoms with Gasteiger partial charge < -0.3 is 4.74 Å². The van der Waals surface area contributed by atoms with Crippen LogP contribution < -0.4 is 4.74 Å². The molecule has 0 atom stereocenters. The molecule has 0 aliphatic rings. The van der Waals surface area contributed by atoms with Crippen LogP contribution >= 0.6 is 22.3 Å². The Bertz CT molecular complexity index is 620. The first kappa shape index (κ1) is 17.3. The molecule has 1 aromatic carbocycles. The van der Waals surface area contributed by atoms with Crippen LogP contribution in [-0.4, -0.2) is 15.0 Å². The molecular formula is C14H18Cl2O3S. The van der Waals surface area contributed by atoms with E-state index in [1.165, 1.54) is 5.54 Å². The maximum absolute atomic E-state index is 11.6. The summed E-state index contributed by atoms with van der Waals surface area (Å²) in [6.07, 6.45) is 0. The molecule has 0 amide bonds. The van der Waals surface area contributed by atoms with Gasteiger partial charge in [-0.15, -0.1) is 0 Å². The third kappa shape index (κ3) is 4.40. The smallest absolute Gasteiger partial charge is 0.261 e. The average Bonchev–Trinajstić information content (AvgIpc) is 2.35. The molecule has 0 saturated carbocycles. The van der Waals surface area contributed by atoms with Crippen molar-refractivity contribution in [3.05, 3.63) is 34.4 Å². The van der Waals surface area contributed by atoms with E-state index in [0.29, 0.717) is 17.9 Å². The SMILES string of the molecule is C/C(=C\Cl)COc1cc(C(C)C)c(S(=O)(=O)Cl)cc1C. The van der Waals surface area contributed by atoms with Gasteiger partial charge in [0.2, 0.25) is 0 Å². The summed E-state index contributed by atoms with van der Waals surface area (Å²) in [6, 6.07) is 3.28. The number of halogens is 2. The van der Waals surface area contributed by atoms with Crippen molar-refractivity contribution in [2.45, 2.75) is 38.5 Å². The summed E-state index contributed by atoms with van der Waals surface area (Å²) in [5, 5.41) is 0. The molecule has 0 radical (unpaired) electrons. The number of ether oxygens (including phenoxy) is 1. The van der Waals surface area contributed by atoms with Crippen LogP contribution in [0.1, 0.15) is 37.8 Å². The summed E-state index contributed by atoms with van der Waals surface area (Å²) in [4.78, 5) is 0.142.